The number of likely N-dealkylation sites (N-methyl/N-ethyl adjacent to an activating group) is 1. The van der Waals surface area contributed by atoms with Crippen LogP contribution in [0.15, 0.2) is 48.6 Å². The van der Waals surface area contributed by atoms with Crippen molar-refractivity contribution in [2.24, 2.45) is 0 Å². The normalized spacial score (nSPS) is 12.4. The second kappa shape index (κ2) is 46.8. The Kier molecular flexibility index (Phi) is 45.3. The minimum atomic E-state index is -0.466. The van der Waals surface area contributed by atoms with Crippen LogP contribution in [0.1, 0.15) is 226 Å². The third-order valence-electron chi connectivity index (χ3n) is 11.0. The van der Waals surface area contributed by atoms with Gasteiger partial charge in [-0.25, -0.2) is 4.79 Å². The molecule has 0 atom stereocenters. The predicted molar refractivity (Wildman–Crippen MR) is 253 cm³/mol. The third-order valence-corrected chi connectivity index (χ3v) is 11.0. The largest absolute Gasteiger partial charge is 0.508 e. The van der Waals surface area contributed by atoms with Crippen molar-refractivity contribution in [2.75, 3.05) is 46.9 Å². The Bertz CT molecular complexity index is 878. The fourth-order valence-corrected chi connectivity index (χ4v) is 7.20. The highest BCUT2D eigenvalue weighted by Gasteiger charge is 2.16. The van der Waals surface area contributed by atoms with Crippen LogP contribution in [0.4, 0.5) is 4.79 Å². The van der Waals surface area contributed by atoms with E-state index in [2.05, 4.69) is 93.3 Å². The topological polar surface area (TPSA) is 42.0 Å². The maximum atomic E-state index is 12.9. The first-order valence-electron chi connectivity index (χ1n) is 24.8. The zero-order chi connectivity index (χ0) is 41.5. The molecule has 0 bridgehead atoms. The molecule has 0 spiro atoms. The Labute approximate surface area is 357 Å². The monoisotopic (exact) mass is 799 g/mol. The summed E-state index contributed by atoms with van der Waals surface area (Å²) in [6, 6.07) is 0. The van der Waals surface area contributed by atoms with Gasteiger partial charge in [-0.3, -0.25) is 4.90 Å². The third kappa shape index (κ3) is 45.1. The van der Waals surface area contributed by atoms with Crippen LogP contribution in [-0.4, -0.2) is 68.9 Å². The van der Waals surface area contributed by atoms with Gasteiger partial charge in [-0.2, -0.15) is 0 Å². The van der Waals surface area contributed by atoms with Crippen molar-refractivity contribution < 1.29 is 14.3 Å². The highest BCUT2D eigenvalue weighted by Crippen LogP contribution is 2.18. The Hall–Kier alpha value is -1.85. The Morgan fingerprint density at radius 3 is 1.28 bits per heavy atom. The summed E-state index contributed by atoms with van der Waals surface area (Å²) < 4.78 is 11.7. The van der Waals surface area contributed by atoms with Gasteiger partial charge < -0.3 is 14.4 Å². The van der Waals surface area contributed by atoms with Crippen LogP contribution in [0.25, 0.3) is 0 Å². The van der Waals surface area contributed by atoms with Gasteiger partial charge in [-0.05, 0) is 117 Å². The summed E-state index contributed by atoms with van der Waals surface area (Å²) >= 11 is 0. The molecule has 0 heterocycles. The molecule has 0 aromatic rings. The average Bonchev–Trinajstić information content (AvgIpc) is 3.20. The van der Waals surface area contributed by atoms with E-state index in [1.807, 2.05) is 0 Å². The lowest BCUT2D eigenvalue weighted by atomic mass is 10.0. The zero-order valence-electron chi connectivity index (χ0n) is 39.0. The number of carbonyl (C=O) groups excluding carboxylic acids is 1. The molecule has 0 aromatic carbocycles. The van der Waals surface area contributed by atoms with E-state index >= 15 is 0 Å². The van der Waals surface area contributed by atoms with Gasteiger partial charge in [-0.1, -0.05) is 179 Å². The van der Waals surface area contributed by atoms with Gasteiger partial charge in [0.2, 0.25) is 0 Å². The van der Waals surface area contributed by atoms with Crippen molar-refractivity contribution in [1.82, 2.24) is 9.80 Å². The molecule has 0 saturated heterocycles. The molecule has 0 saturated carbocycles. The molecular formula is C52H98N2O3. The molecular weight excluding hydrogens is 701 g/mol. The molecule has 0 rings (SSSR count). The van der Waals surface area contributed by atoms with Crippen molar-refractivity contribution >= 4 is 6.16 Å². The molecule has 0 radical (unpaired) electrons. The van der Waals surface area contributed by atoms with E-state index in [4.69, 9.17) is 9.47 Å². The maximum absolute atomic E-state index is 12.9. The van der Waals surface area contributed by atoms with Crippen LogP contribution in [0.3, 0.4) is 0 Å². The first kappa shape index (κ1) is 55.2. The Morgan fingerprint density at radius 2 is 0.825 bits per heavy atom. The number of ether oxygens (including phenoxy) is 2. The van der Waals surface area contributed by atoms with E-state index in [1.165, 1.54) is 167 Å². The first-order valence-corrected chi connectivity index (χ1v) is 24.8. The smallest absolute Gasteiger partial charge is 0.433 e. The predicted octanol–water partition coefficient (Wildman–Crippen LogP) is 16.1. The van der Waals surface area contributed by atoms with Gasteiger partial charge in [0.05, 0.1) is 0 Å². The van der Waals surface area contributed by atoms with Crippen molar-refractivity contribution in [3.05, 3.63) is 48.6 Å². The number of hydrogen-bond donors (Lipinski definition) is 0. The summed E-state index contributed by atoms with van der Waals surface area (Å²) in [6.45, 7) is 11.1. The number of allylic oxidation sites excluding steroid dienone is 8. The van der Waals surface area contributed by atoms with Gasteiger partial charge in [0.15, 0.2) is 0 Å². The maximum Gasteiger partial charge on any atom is 0.508 e. The summed E-state index contributed by atoms with van der Waals surface area (Å²) in [5.41, 5.74) is 0. The molecule has 0 amide bonds. The molecule has 57 heavy (non-hydrogen) atoms. The fraction of sp³-hybridized carbons (Fsp3) is 0.827. The van der Waals surface area contributed by atoms with E-state index < -0.39 is 6.16 Å². The number of unbranched alkanes of at least 4 members (excludes halogenated alkanes) is 23. The van der Waals surface area contributed by atoms with E-state index in [-0.39, 0.29) is 6.10 Å². The first-order chi connectivity index (χ1) is 28.0. The molecule has 334 valence electrons. The number of nitrogens with zero attached hydrogens (tertiary/aromatic N) is 2. The summed E-state index contributed by atoms with van der Waals surface area (Å²) in [6.07, 6.45) is 57.9. The quantitative estimate of drug-likeness (QED) is 0.0349. The van der Waals surface area contributed by atoms with Crippen LogP contribution in [0, 0.1) is 0 Å². The van der Waals surface area contributed by atoms with E-state index in [1.54, 1.807) is 0 Å². The Morgan fingerprint density at radius 1 is 0.439 bits per heavy atom. The molecule has 5 nitrogen and oxygen atoms in total. The fourth-order valence-electron chi connectivity index (χ4n) is 7.20. The van der Waals surface area contributed by atoms with Crippen LogP contribution in [0.5, 0.6) is 0 Å². The molecule has 0 aliphatic carbocycles. The van der Waals surface area contributed by atoms with Crippen molar-refractivity contribution in [2.45, 2.75) is 232 Å². The highest BCUT2D eigenvalue weighted by atomic mass is 16.7. The van der Waals surface area contributed by atoms with Crippen molar-refractivity contribution in [3.63, 3.8) is 0 Å². The molecule has 0 aromatic heterocycles. The molecule has 0 N–H and O–H groups in total. The average molecular weight is 799 g/mol. The van der Waals surface area contributed by atoms with Gasteiger partial charge in [0.1, 0.15) is 12.7 Å². The molecule has 5 heteroatoms. The zero-order valence-corrected chi connectivity index (χ0v) is 39.0. The molecule has 0 unspecified atom stereocenters. The van der Waals surface area contributed by atoms with Gasteiger partial charge in [0.25, 0.3) is 0 Å². The number of rotatable bonds is 44. The molecule has 0 aliphatic rings. The van der Waals surface area contributed by atoms with Gasteiger partial charge in [-0.15, -0.1) is 0 Å². The lowest BCUT2D eigenvalue weighted by molar-refractivity contribution is 0.0117. The highest BCUT2D eigenvalue weighted by molar-refractivity contribution is 5.60. The standard InChI is InChI=1S/C52H98N2O3/c1-6-9-12-15-18-20-22-24-26-28-30-32-34-36-38-41-44-51(45-42-39-37-35-33-31-29-27-25-23-21-19-16-13-10-7-2)57-52(55)56-50-49-54(48-47-53(4)5)46-43-40-17-14-11-8-3/h18-21,24-27,51H,6-17,22-23,28-50H2,1-5H3/b20-18-,21-19-,26-24-,27-25-. The van der Waals surface area contributed by atoms with Crippen LogP contribution in [0.2, 0.25) is 0 Å². The lowest BCUT2D eigenvalue weighted by Gasteiger charge is -2.24. The summed E-state index contributed by atoms with van der Waals surface area (Å²) in [5.74, 6) is 0. The van der Waals surface area contributed by atoms with Crippen LogP contribution in [-0.2, 0) is 9.47 Å². The van der Waals surface area contributed by atoms with Crippen molar-refractivity contribution in [3.8, 4) is 0 Å². The van der Waals surface area contributed by atoms with Crippen LogP contribution < -0.4 is 0 Å². The number of carbonyl (C=O) groups is 1. The Balaban J connectivity index is 4.54. The SMILES string of the molecule is CCCCC/C=C\C/C=C\CCCCCCCCC(CCCCCCCC/C=C\C/C=C\CCCCC)OC(=O)OCCN(CCCCCCCC)CCN(C)C. The summed E-state index contributed by atoms with van der Waals surface area (Å²) in [7, 11) is 4.25. The van der Waals surface area contributed by atoms with Gasteiger partial charge in [0, 0.05) is 19.6 Å². The van der Waals surface area contributed by atoms with E-state index in [9.17, 15) is 4.79 Å². The number of hydrogen-bond acceptors (Lipinski definition) is 5. The summed E-state index contributed by atoms with van der Waals surface area (Å²) in [4.78, 5) is 17.6. The van der Waals surface area contributed by atoms with E-state index in [0.717, 1.165) is 64.7 Å². The van der Waals surface area contributed by atoms with Crippen LogP contribution >= 0.6 is 0 Å². The van der Waals surface area contributed by atoms with Gasteiger partial charge >= 0.3 is 6.16 Å². The van der Waals surface area contributed by atoms with Crippen molar-refractivity contribution in [1.29, 1.82) is 0 Å². The molecule has 0 fully saturated rings. The minimum Gasteiger partial charge on any atom is -0.433 e. The molecule has 0 aliphatic heterocycles. The minimum absolute atomic E-state index is 0.0258. The van der Waals surface area contributed by atoms with E-state index in [0.29, 0.717) is 6.61 Å². The summed E-state index contributed by atoms with van der Waals surface area (Å²) in [5, 5.41) is 0. The second-order valence-electron chi connectivity index (χ2n) is 17.0. The second-order valence-corrected chi connectivity index (χ2v) is 17.0. The lowest BCUT2D eigenvalue weighted by Crippen LogP contribution is -2.35.